The van der Waals surface area contributed by atoms with Crippen LogP contribution in [0, 0.1) is 11.8 Å². The molecule has 2 aliphatic rings. The van der Waals surface area contributed by atoms with Crippen molar-refractivity contribution < 1.29 is 14.7 Å². The Hall–Kier alpha value is -1.84. The van der Waals surface area contributed by atoms with Gasteiger partial charge in [-0.2, -0.15) is 0 Å². The summed E-state index contributed by atoms with van der Waals surface area (Å²) >= 11 is 0. The molecule has 1 aliphatic heterocycles. The summed E-state index contributed by atoms with van der Waals surface area (Å²) in [6.45, 7) is 2.79. The number of hydrogen-bond donors (Lipinski definition) is 1. The minimum absolute atomic E-state index is 0.121. The molecule has 3 unspecified atom stereocenters. The molecule has 1 heterocycles. The summed E-state index contributed by atoms with van der Waals surface area (Å²) in [6, 6.07) is 8.57. The van der Waals surface area contributed by atoms with E-state index in [0.29, 0.717) is 19.4 Å². The van der Waals surface area contributed by atoms with Crippen molar-refractivity contribution in [2.75, 3.05) is 0 Å². The quantitative estimate of drug-likeness (QED) is 0.931. The summed E-state index contributed by atoms with van der Waals surface area (Å²) in [6.07, 6.45) is 4.73. The fraction of sp³-hybridized carbons (Fsp3) is 0.579. The average Bonchev–Trinajstić information content (AvgIpc) is 2.60. The Labute approximate surface area is 137 Å². The molecule has 1 N–H and O–H groups in total. The first kappa shape index (κ1) is 16.0. The third-order valence-corrected chi connectivity index (χ3v) is 5.48. The van der Waals surface area contributed by atoms with E-state index in [4.69, 9.17) is 0 Å². The number of carbonyl (C=O) groups is 2. The fourth-order valence-corrected chi connectivity index (χ4v) is 4.08. The lowest BCUT2D eigenvalue weighted by Gasteiger charge is -2.39. The highest BCUT2D eigenvalue weighted by Crippen LogP contribution is 2.33. The van der Waals surface area contributed by atoms with E-state index in [-0.39, 0.29) is 23.8 Å². The summed E-state index contributed by atoms with van der Waals surface area (Å²) in [4.78, 5) is 26.3. The molecule has 1 amide bonds. The zero-order valence-corrected chi connectivity index (χ0v) is 13.7. The molecule has 1 fully saturated rings. The number of carbonyl (C=O) groups excluding carboxylic acids is 1. The number of hydrogen-bond acceptors (Lipinski definition) is 2. The Morgan fingerprint density at radius 3 is 2.57 bits per heavy atom. The second-order valence-electron chi connectivity index (χ2n) is 6.90. The molecule has 23 heavy (non-hydrogen) atoms. The second kappa shape index (κ2) is 6.73. The summed E-state index contributed by atoms with van der Waals surface area (Å²) in [5.41, 5.74) is 2.58. The normalized spacial score (nSPS) is 27.3. The first-order valence-corrected chi connectivity index (χ1v) is 8.70. The highest BCUT2D eigenvalue weighted by atomic mass is 16.4. The van der Waals surface area contributed by atoms with Crippen LogP contribution < -0.4 is 0 Å². The van der Waals surface area contributed by atoms with Crippen LogP contribution in [0.2, 0.25) is 0 Å². The van der Waals surface area contributed by atoms with Crippen LogP contribution in [0.4, 0.5) is 0 Å². The van der Waals surface area contributed by atoms with Gasteiger partial charge in [0.2, 0.25) is 5.91 Å². The van der Waals surface area contributed by atoms with E-state index in [1.54, 1.807) is 0 Å². The van der Waals surface area contributed by atoms with Gasteiger partial charge in [-0.3, -0.25) is 9.59 Å². The predicted octanol–water partition coefficient (Wildman–Crippen LogP) is 3.24. The van der Waals surface area contributed by atoms with Gasteiger partial charge in [-0.05, 0) is 43.2 Å². The van der Waals surface area contributed by atoms with Gasteiger partial charge in [0, 0.05) is 18.5 Å². The number of carboxylic acids is 1. The molecule has 0 spiro atoms. The Balaban J connectivity index is 1.77. The van der Waals surface area contributed by atoms with Crippen LogP contribution in [0.5, 0.6) is 0 Å². The van der Waals surface area contributed by atoms with Gasteiger partial charge in [-0.15, -0.1) is 0 Å². The molecular formula is C19H25NO3. The molecule has 3 atom stereocenters. The van der Waals surface area contributed by atoms with Gasteiger partial charge < -0.3 is 10.0 Å². The predicted molar refractivity (Wildman–Crippen MR) is 87.9 cm³/mol. The summed E-state index contributed by atoms with van der Waals surface area (Å²) in [5.74, 6) is -1.06. The number of benzene rings is 1. The molecular weight excluding hydrogens is 290 g/mol. The first-order valence-electron chi connectivity index (χ1n) is 8.70. The van der Waals surface area contributed by atoms with Crippen molar-refractivity contribution in [2.45, 2.75) is 58.0 Å². The van der Waals surface area contributed by atoms with E-state index in [1.807, 2.05) is 11.0 Å². The minimum Gasteiger partial charge on any atom is -0.481 e. The first-order chi connectivity index (χ1) is 11.1. The Bertz CT molecular complexity index is 598. The molecule has 0 aromatic heterocycles. The summed E-state index contributed by atoms with van der Waals surface area (Å²) < 4.78 is 0. The maximum Gasteiger partial charge on any atom is 0.306 e. The molecule has 1 aromatic rings. The van der Waals surface area contributed by atoms with Crippen LogP contribution in [-0.4, -0.2) is 27.9 Å². The standard InChI is InChI=1S/C19H25NO3/c1-2-17-11-13-6-3-4-7-16(13)12-20(17)18(21)14-8-5-9-15(10-14)19(22)23/h3-4,6-7,14-15,17H,2,5,8-12H2,1H3,(H,22,23). The number of nitrogens with zero attached hydrogens (tertiary/aromatic N) is 1. The molecule has 1 saturated carbocycles. The van der Waals surface area contributed by atoms with Gasteiger partial charge in [0.05, 0.1) is 5.92 Å². The van der Waals surface area contributed by atoms with Crippen molar-refractivity contribution in [3.63, 3.8) is 0 Å². The van der Waals surface area contributed by atoms with Crippen molar-refractivity contribution >= 4 is 11.9 Å². The number of fused-ring (bicyclic) bond motifs is 1. The van der Waals surface area contributed by atoms with Gasteiger partial charge in [-0.25, -0.2) is 0 Å². The number of carboxylic acid groups (broad SMARTS) is 1. The summed E-state index contributed by atoms with van der Waals surface area (Å²) in [7, 11) is 0. The third-order valence-electron chi connectivity index (χ3n) is 5.48. The zero-order valence-electron chi connectivity index (χ0n) is 13.7. The second-order valence-corrected chi connectivity index (χ2v) is 6.90. The summed E-state index contributed by atoms with van der Waals surface area (Å²) in [5, 5.41) is 9.25. The Kier molecular flexibility index (Phi) is 4.69. The lowest BCUT2D eigenvalue weighted by Crippen LogP contribution is -2.47. The van der Waals surface area contributed by atoms with E-state index in [9.17, 15) is 14.7 Å². The molecule has 124 valence electrons. The van der Waals surface area contributed by atoms with Crippen molar-refractivity contribution in [3.05, 3.63) is 35.4 Å². The SMILES string of the molecule is CCC1Cc2ccccc2CN1C(=O)C1CCCC(C(=O)O)C1. The van der Waals surface area contributed by atoms with Gasteiger partial charge in [0.25, 0.3) is 0 Å². The molecule has 1 aliphatic carbocycles. The van der Waals surface area contributed by atoms with E-state index >= 15 is 0 Å². The van der Waals surface area contributed by atoms with E-state index in [0.717, 1.165) is 25.7 Å². The number of rotatable bonds is 3. The van der Waals surface area contributed by atoms with Crippen molar-refractivity contribution in [2.24, 2.45) is 11.8 Å². The van der Waals surface area contributed by atoms with Gasteiger partial charge in [0.1, 0.15) is 0 Å². The van der Waals surface area contributed by atoms with Crippen LogP contribution in [0.1, 0.15) is 50.2 Å². The van der Waals surface area contributed by atoms with Crippen LogP contribution in [0.3, 0.4) is 0 Å². The Morgan fingerprint density at radius 1 is 1.17 bits per heavy atom. The number of amides is 1. The molecule has 1 aromatic carbocycles. The highest BCUT2D eigenvalue weighted by Gasteiger charge is 2.36. The van der Waals surface area contributed by atoms with Crippen molar-refractivity contribution in [1.29, 1.82) is 0 Å². The minimum atomic E-state index is -0.751. The van der Waals surface area contributed by atoms with Crippen molar-refractivity contribution in [3.8, 4) is 0 Å². The molecule has 0 radical (unpaired) electrons. The molecule has 3 rings (SSSR count). The molecule has 0 saturated heterocycles. The molecule has 4 nitrogen and oxygen atoms in total. The topological polar surface area (TPSA) is 57.6 Å². The van der Waals surface area contributed by atoms with Crippen LogP contribution in [0.15, 0.2) is 24.3 Å². The maximum absolute atomic E-state index is 13.0. The lowest BCUT2D eigenvalue weighted by atomic mass is 9.80. The van der Waals surface area contributed by atoms with E-state index in [2.05, 4.69) is 25.1 Å². The van der Waals surface area contributed by atoms with Gasteiger partial charge >= 0.3 is 5.97 Å². The smallest absolute Gasteiger partial charge is 0.306 e. The lowest BCUT2D eigenvalue weighted by molar-refractivity contribution is -0.146. The maximum atomic E-state index is 13.0. The largest absolute Gasteiger partial charge is 0.481 e. The van der Waals surface area contributed by atoms with E-state index < -0.39 is 5.97 Å². The van der Waals surface area contributed by atoms with Gasteiger partial charge in [-0.1, -0.05) is 37.6 Å². The molecule has 4 heteroatoms. The van der Waals surface area contributed by atoms with Gasteiger partial charge in [0.15, 0.2) is 0 Å². The van der Waals surface area contributed by atoms with Crippen molar-refractivity contribution in [1.82, 2.24) is 4.90 Å². The zero-order chi connectivity index (χ0) is 16.4. The highest BCUT2D eigenvalue weighted by molar-refractivity contribution is 5.81. The van der Waals surface area contributed by atoms with E-state index in [1.165, 1.54) is 11.1 Å². The monoisotopic (exact) mass is 315 g/mol. The van der Waals surface area contributed by atoms with Crippen LogP contribution in [-0.2, 0) is 22.6 Å². The average molecular weight is 315 g/mol. The third kappa shape index (κ3) is 3.26. The fourth-order valence-electron chi connectivity index (χ4n) is 4.08. The Morgan fingerprint density at radius 2 is 1.87 bits per heavy atom. The number of aliphatic carboxylic acids is 1. The molecule has 0 bridgehead atoms. The van der Waals surface area contributed by atoms with Crippen LogP contribution in [0.25, 0.3) is 0 Å². The van der Waals surface area contributed by atoms with Crippen LogP contribution >= 0.6 is 0 Å².